The Bertz CT molecular complexity index is 647. The smallest absolute Gasteiger partial charge is 0.310 e. The minimum Gasteiger partial charge on any atom is -0.388 e. The number of hydrogen-bond acceptors (Lipinski definition) is 4. The van der Waals surface area contributed by atoms with Gasteiger partial charge in [-0.05, 0) is 32.3 Å². The average Bonchev–Trinajstić information content (AvgIpc) is 2.51. The molecule has 2 unspecified atom stereocenters. The Hall–Kier alpha value is -1.88. The van der Waals surface area contributed by atoms with Gasteiger partial charge >= 0.3 is 5.56 Å². The summed E-state index contributed by atoms with van der Waals surface area (Å²) in [5.74, 6) is 0. The molecule has 2 heterocycles. The fourth-order valence-corrected chi connectivity index (χ4v) is 2.51. The van der Waals surface area contributed by atoms with Crippen molar-refractivity contribution in [3.05, 3.63) is 40.8 Å². The number of fused-ring (bicyclic) bond motifs is 1. The van der Waals surface area contributed by atoms with Gasteiger partial charge in [0.25, 0.3) is 0 Å². The molecule has 1 aliphatic heterocycles. The molecule has 5 nitrogen and oxygen atoms in total. The van der Waals surface area contributed by atoms with Crippen molar-refractivity contribution in [2.45, 2.75) is 38.4 Å². The first-order chi connectivity index (χ1) is 9.75. The molecule has 2 atom stereocenters. The second kappa shape index (κ2) is 5.63. The summed E-state index contributed by atoms with van der Waals surface area (Å²) in [6.07, 6.45) is 4.68. The molecule has 1 aromatic heterocycles. The van der Waals surface area contributed by atoms with E-state index in [1.54, 1.807) is 12.3 Å². The van der Waals surface area contributed by atoms with Crippen LogP contribution in [0.5, 0.6) is 0 Å². The van der Waals surface area contributed by atoms with E-state index in [-0.39, 0.29) is 17.8 Å². The highest BCUT2D eigenvalue weighted by Crippen LogP contribution is 2.16. The third kappa shape index (κ3) is 2.54. The minimum atomic E-state index is -0.231. The maximum atomic E-state index is 12.3. The van der Waals surface area contributed by atoms with Crippen molar-refractivity contribution in [1.82, 2.24) is 9.94 Å². The standard InChI is InChI=1S/C15H18N2O3/c1-11(14-8-4-5-9-19-14)20-17-15(18)13-7-3-2-6-12(13)10-16-17/h2-3,6-7,10-11,14H,4-5,8-9H2,1H3. The van der Waals surface area contributed by atoms with Crippen molar-refractivity contribution < 1.29 is 9.57 Å². The largest absolute Gasteiger partial charge is 0.388 e. The lowest BCUT2D eigenvalue weighted by molar-refractivity contribution is -0.0977. The second-order valence-electron chi connectivity index (χ2n) is 5.13. The Labute approximate surface area is 117 Å². The van der Waals surface area contributed by atoms with Gasteiger partial charge < -0.3 is 9.57 Å². The predicted molar refractivity (Wildman–Crippen MR) is 75.6 cm³/mol. The lowest BCUT2D eigenvalue weighted by Gasteiger charge is -2.27. The number of benzene rings is 1. The molecular weight excluding hydrogens is 256 g/mol. The van der Waals surface area contributed by atoms with Crippen LogP contribution in [0.15, 0.2) is 35.3 Å². The summed E-state index contributed by atoms with van der Waals surface area (Å²) in [6.45, 7) is 2.68. The van der Waals surface area contributed by atoms with Crippen molar-refractivity contribution in [2.24, 2.45) is 0 Å². The van der Waals surface area contributed by atoms with E-state index in [1.165, 1.54) is 0 Å². The third-order valence-corrected chi connectivity index (χ3v) is 3.67. The summed E-state index contributed by atoms with van der Waals surface area (Å²) >= 11 is 0. The maximum Gasteiger partial charge on any atom is 0.310 e. The normalized spacial score (nSPS) is 20.8. The molecule has 2 aromatic rings. The summed E-state index contributed by atoms with van der Waals surface area (Å²) < 4.78 is 5.67. The van der Waals surface area contributed by atoms with Gasteiger partial charge in [-0.25, -0.2) is 0 Å². The summed E-state index contributed by atoms with van der Waals surface area (Å²) in [6, 6.07) is 7.36. The molecule has 0 aliphatic carbocycles. The van der Waals surface area contributed by atoms with Gasteiger partial charge in [0.15, 0.2) is 6.10 Å². The summed E-state index contributed by atoms with van der Waals surface area (Å²) in [5.41, 5.74) is -0.231. The zero-order valence-corrected chi connectivity index (χ0v) is 11.5. The maximum absolute atomic E-state index is 12.3. The Kier molecular flexibility index (Phi) is 3.69. The van der Waals surface area contributed by atoms with Crippen molar-refractivity contribution in [2.75, 3.05) is 6.61 Å². The van der Waals surface area contributed by atoms with Crippen molar-refractivity contribution in [3.63, 3.8) is 0 Å². The van der Waals surface area contributed by atoms with E-state index in [4.69, 9.17) is 9.57 Å². The molecule has 0 bridgehead atoms. The molecule has 0 amide bonds. The Balaban J connectivity index is 1.83. The first kappa shape index (κ1) is 13.1. The molecule has 1 aromatic carbocycles. The fourth-order valence-electron chi connectivity index (χ4n) is 2.51. The van der Waals surface area contributed by atoms with E-state index in [9.17, 15) is 4.79 Å². The number of aromatic nitrogens is 2. The van der Waals surface area contributed by atoms with Crippen LogP contribution in [0.4, 0.5) is 0 Å². The van der Waals surface area contributed by atoms with Gasteiger partial charge in [0.05, 0.1) is 17.7 Å². The van der Waals surface area contributed by atoms with Crippen molar-refractivity contribution >= 4 is 10.8 Å². The molecule has 1 fully saturated rings. The molecule has 20 heavy (non-hydrogen) atoms. The highest BCUT2D eigenvalue weighted by molar-refractivity contribution is 5.80. The van der Waals surface area contributed by atoms with Crippen LogP contribution < -0.4 is 10.4 Å². The van der Waals surface area contributed by atoms with E-state index < -0.39 is 0 Å². The first-order valence-corrected chi connectivity index (χ1v) is 7.01. The highest BCUT2D eigenvalue weighted by Gasteiger charge is 2.23. The van der Waals surface area contributed by atoms with Gasteiger partial charge in [-0.3, -0.25) is 4.79 Å². The summed E-state index contributed by atoms with van der Waals surface area (Å²) in [7, 11) is 0. The number of ether oxygens (including phenoxy) is 1. The van der Waals surface area contributed by atoms with E-state index in [0.29, 0.717) is 5.39 Å². The van der Waals surface area contributed by atoms with Crippen molar-refractivity contribution in [3.8, 4) is 0 Å². The van der Waals surface area contributed by atoms with Gasteiger partial charge in [-0.2, -0.15) is 0 Å². The van der Waals surface area contributed by atoms with E-state index in [1.807, 2.05) is 25.1 Å². The molecule has 0 N–H and O–H groups in total. The molecule has 3 rings (SSSR count). The lowest BCUT2D eigenvalue weighted by Crippen LogP contribution is -2.42. The molecule has 0 saturated carbocycles. The Morgan fingerprint density at radius 2 is 2.25 bits per heavy atom. The van der Waals surface area contributed by atoms with Crippen LogP contribution in [-0.2, 0) is 4.74 Å². The highest BCUT2D eigenvalue weighted by atomic mass is 16.7. The number of hydrogen-bond donors (Lipinski definition) is 0. The molecule has 0 spiro atoms. The van der Waals surface area contributed by atoms with Gasteiger partial charge in [0, 0.05) is 12.0 Å². The molecule has 1 aliphatic rings. The monoisotopic (exact) mass is 274 g/mol. The van der Waals surface area contributed by atoms with E-state index >= 15 is 0 Å². The second-order valence-corrected chi connectivity index (χ2v) is 5.13. The van der Waals surface area contributed by atoms with Gasteiger partial charge in [-0.15, -0.1) is 5.10 Å². The van der Waals surface area contributed by atoms with Crippen LogP contribution >= 0.6 is 0 Å². The SMILES string of the molecule is CC(On1ncc2ccccc2c1=O)C1CCCCO1. The lowest BCUT2D eigenvalue weighted by atomic mass is 10.1. The van der Waals surface area contributed by atoms with Crippen LogP contribution in [0.2, 0.25) is 0 Å². The molecular formula is C15H18N2O3. The topological polar surface area (TPSA) is 53.4 Å². The molecule has 1 saturated heterocycles. The Morgan fingerprint density at radius 3 is 3.05 bits per heavy atom. The quantitative estimate of drug-likeness (QED) is 0.856. The number of rotatable bonds is 3. The molecule has 106 valence electrons. The van der Waals surface area contributed by atoms with Crippen LogP contribution in [0, 0.1) is 0 Å². The van der Waals surface area contributed by atoms with E-state index in [2.05, 4.69) is 5.10 Å². The molecule has 5 heteroatoms. The van der Waals surface area contributed by atoms with Gasteiger partial charge in [0.2, 0.25) is 0 Å². The number of nitrogens with zero attached hydrogens (tertiary/aromatic N) is 2. The van der Waals surface area contributed by atoms with Crippen LogP contribution in [0.25, 0.3) is 10.8 Å². The fraction of sp³-hybridized carbons (Fsp3) is 0.467. The van der Waals surface area contributed by atoms with Crippen LogP contribution in [-0.4, -0.2) is 28.8 Å². The van der Waals surface area contributed by atoms with E-state index in [0.717, 1.165) is 36.1 Å². The minimum absolute atomic E-state index is 0.0314. The third-order valence-electron chi connectivity index (χ3n) is 3.67. The summed E-state index contributed by atoms with van der Waals surface area (Å²) in [5, 5.41) is 5.50. The zero-order chi connectivity index (χ0) is 13.9. The first-order valence-electron chi connectivity index (χ1n) is 7.01. The predicted octanol–water partition coefficient (Wildman–Crippen LogP) is 1.78. The Morgan fingerprint density at radius 1 is 1.40 bits per heavy atom. The van der Waals surface area contributed by atoms with Crippen molar-refractivity contribution in [1.29, 1.82) is 0 Å². The van der Waals surface area contributed by atoms with Crippen LogP contribution in [0.1, 0.15) is 26.2 Å². The van der Waals surface area contributed by atoms with Crippen LogP contribution in [0.3, 0.4) is 0 Å². The van der Waals surface area contributed by atoms with Gasteiger partial charge in [-0.1, -0.05) is 23.0 Å². The molecule has 0 radical (unpaired) electrons. The average molecular weight is 274 g/mol. The van der Waals surface area contributed by atoms with Gasteiger partial charge in [0.1, 0.15) is 0 Å². The zero-order valence-electron chi connectivity index (χ0n) is 11.5. The summed E-state index contributed by atoms with van der Waals surface area (Å²) in [4.78, 5) is 19.0.